The van der Waals surface area contributed by atoms with Crippen LogP contribution < -0.4 is 0 Å². The molecule has 18 heavy (non-hydrogen) atoms. The van der Waals surface area contributed by atoms with Crippen molar-refractivity contribution in [3.05, 3.63) is 0 Å². The summed E-state index contributed by atoms with van der Waals surface area (Å²) in [7, 11) is 0. The highest BCUT2D eigenvalue weighted by Crippen LogP contribution is 2.21. The molecule has 102 valence electrons. The minimum atomic E-state index is -0.282. The normalized spacial score (nSPS) is 29.2. The van der Waals surface area contributed by atoms with Crippen molar-refractivity contribution < 1.29 is 9.59 Å². The summed E-state index contributed by atoms with van der Waals surface area (Å²) in [6, 6.07) is 0. The summed E-state index contributed by atoms with van der Waals surface area (Å²) in [5.41, 5.74) is 0. The quantitative estimate of drug-likeness (QED) is 0.613. The smallest absolute Gasteiger partial charge is 0.312 e. The van der Waals surface area contributed by atoms with Crippen molar-refractivity contribution in [1.82, 2.24) is 9.80 Å². The number of amides is 2. The van der Waals surface area contributed by atoms with E-state index >= 15 is 0 Å². The zero-order valence-corrected chi connectivity index (χ0v) is 11.5. The second kappa shape index (κ2) is 5.72. The average Bonchev–Trinajstić information content (AvgIpc) is 2.37. The third-order valence-electron chi connectivity index (χ3n) is 3.98. The van der Waals surface area contributed by atoms with Crippen LogP contribution in [-0.2, 0) is 9.59 Å². The van der Waals surface area contributed by atoms with Gasteiger partial charge in [-0.3, -0.25) is 9.59 Å². The molecule has 2 rings (SSSR count). The number of carbonyl (C=O) groups is 2. The van der Waals surface area contributed by atoms with E-state index < -0.39 is 0 Å². The summed E-state index contributed by atoms with van der Waals surface area (Å²) >= 11 is 0. The Morgan fingerprint density at radius 1 is 0.833 bits per heavy atom. The number of piperidine rings is 2. The molecule has 0 spiro atoms. The first-order chi connectivity index (χ1) is 8.58. The van der Waals surface area contributed by atoms with Gasteiger partial charge in [-0.15, -0.1) is 0 Å². The van der Waals surface area contributed by atoms with Crippen molar-refractivity contribution in [2.24, 2.45) is 11.8 Å². The molecule has 2 amide bonds. The number of hydrogen-bond acceptors (Lipinski definition) is 2. The minimum Gasteiger partial charge on any atom is -0.334 e. The van der Waals surface area contributed by atoms with Crippen LogP contribution in [-0.4, -0.2) is 47.8 Å². The third kappa shape index (κ3) is 3.03. The van der Waals surface area contributed by atoms with Crippen LogP contribution in [0.1, 0.15) is 39.5 Å². The van der Waals surface area contributed by atoms with E-state index in [-0.39, 0.29) is 11.8 Å². The first-order valence-corrected chi connectivity index (χ1v) is 7.16. The van der Waals surface area contributed by atoms with Crippen LogP contribution in [0.4, 0.5) is 0 Å². The number of nitrogens with zero attached hydrogens (tertiary/aromatic N) is 2. The predicted octanol–water partition coefficient (Wildman–Crippen LogP) is 1.50. The van der Waals surface area contributed by atoms with Gasteiger partial charge in [0, 0.05) is 26.2 Å². The molecule has 0 radical (unpaired) electrons. The lowest BCUT2D eigenvalue weighted by Gasteiger charge is -2.36. The molecule has 2 fully saturated rings. The molecule has 2 atom stereocenters. The molecule has 0 aromatic heterocycles. The van der Waals surface area contributed by atoms with Crippen molar-refractivity contribution >= 4 is 11.8 Å². The first-order valence-electron chi connectivity index (χ1n) is 7.16. The SMILES string of the molecule is CC1CC(C)CN(C(=O)C(=O)N2CCCCC2)C1. The van der Waals surface area contributed by atoms with Crippen molar-refractivity contribution in [2.75, 3.05) is 26.2 Å². The topological polar surface area (TPSA) is 40.6 Å². The van der Waals surface area contributed by atoms with Crippen LogP contribution in [0.5, 0.6) is 0 Å². The molecule has 0 bridgehead atoms. The van der Waals surface area contributed by atoms with Crippen molar-refractivity contribution in [3.8, 4) is 0 Å². The van der Waals surface area contributed by atoms with E-state index in [1.807, 2.05) is 0 Å². The van der Waals surface area contributed by atoms with Gasteiger partial charge >= 0.3 is 11.8 Å². The van der Waals surface area contributed by atoms with Gasteiger partial charge in [0.05, 0.1) is 0 Å². The van der Waals surface area contributed by atoms with Gasteiger partial charge in [-0.25, -0.2) is 0 Å². The van der Waals surface area contributed by atoms with E-state index in [0.717, 1.165) is 45.4 Å². The number of rotatable bonds is 0. The molecule has 2 aliphatic rings. The second-order valence-corrected chi connectivity index (χ2v) is 6.01. The monoisotopic (exact) mass is 252 g/mol. The Balaban J connectivity index is 1.95. The molecule has 0 aromatic rings. The molecule has 0 N–H and O–H groups in total. The molecule has 4 nitrogen and oxygen atoms in total. The van der Waals surface area contributed by atoms with E-state index in [2.05, 4.69) is 13.8 Å². The fourth-order valence-corrected chi connectivity index (χ4v) is 3.20. The maximum absolute atomic E-state index is 12.2. The summed E-state index contributed by atoms with van der Waals surface area (Å²) in [6.07, 6.45) is 4.40. The molecular weight excluding hydrogens is 228 g/mol. The summed E-state index contributed by atoms with van der Waals surface area (Å²) in [5.74, 6) is 0.449. The third-order valence-corrected chi connectivity index (χ3v) is 3.98. The Kier molecular flexibility index (Phi) is 4.25. The molecule has 4 heteroatoms. The summed E-state index contributed by atoms with van der Waals surface area (Å²) < 4.78 is 0. The lowest BCUT2D eigenvalue weighted by atomic mass is 9.92. The van der Waals surface area contributed by atoms with Gasteiger partial charge in [0.2, 0.25) is 0 Å². The van der Waals surface area contributed by atoms with Crippen LogP contribution in [0.25, 0.3) is 0 Å². The molecule has 0 aliphatic carbocycles. The molecule has 2 heterocycles. The molecule has 2 unspecified atom stereocenters. The van der Waals surface area contributed by atoms with E-state index in [0.29, 0.717) is 11.8 Å². The number of likely N-dealkylation sites (tertiary alicyclic amines) is 2. The fourth-order valence-electron chi connectivity index (χ4n) is 3.20. The largest absolute Gasteiger partial charge is 0.334 e. The van der Waals surface area contributed by atoms with Gasteiger partial charge < -0.3 is 9.80 Å². The Morgan fingerprint density at radius 3 is 1.89 bits per heavy atom. The fraction of sp³-hybridized carbons (Fsp3) is 0.857. The Hall–Kier alpha value is -1.06. The summed E-state index contributed by atoms with van der Waals surface area (Å²) in [5, 5.41) is 0. The van der Waals surface area contributed by atoms with E-state index in [9.17, 15) is 9.59 Å². The van der Waals surface area contributed by atoms with Crippen LogP contribution in [0.15, 0.2) is 0 Å². The Labute approximate surface area is 109 Å². The lowest BCUT2D eigenvalue weighted by Crippen LogP contribution is -2.51. The first kappa shape index (κ1) is 13.4. The molecular formula is C14H24N2O2. The Morgan fingerprint density at radius 2 is 1.33 bits per heavy atom. The van der Waals surface area contributed by atoms with Gasteiger partial charge in [0.25, 0.3) is 0 Å². The van der Waals surface area contributed by atoms with Crippen molar-refractivity contribution in [1.29, 1.82) is 0 Å². The Bertz CT molecular complexity index is 314. The lowest BCUT2D eigenvalue weighted by molar-refractivity contribution is -0.153. The zero-order valence-electron chi connectivity index (χ0n) is 11.5. The van der Waals surface area contributed by atoms with Crippen LogP contribution >= 0.6 is 0 Å². The predicted molar refractivity (Wildman–Crippen MR) is 70.0 cm³/mol. The standard InChI is InChI=1S/C14H24N2O2/c1-11-8-12(2)10-16(9-11)14(18)13(17)15-6-4-3-5-7-15/h11-12H,3-10H2,1-2H3. The van der Waals surface area contributed by atoms with Crippen LogP contribution in [0.3, 0.4) is 0 Å². The molecule has 2 aliphatic heterocycles. The van der Waals surface area contributed by atoms with Gasteiger partial charge in [-0.2, -0.15) is 0 Å². The highest BCUT2D eigenvalue weighted by atomic mass is 16.2. The van der Waals surface area contributed by atoms with Crippen LogP contribution in [0.2, 0.25) is 0 Å². The highest BCUT2D eigenvalue weighted by molar-refractivity contribution is 6.34. The van der Waals surface area contributed by atoms with Crippen molar-refractivity contribution in [2.45, 2.75) is 39.5 Å². The highest BCUT2D eigenvalue weighted by Gasteiger charge is 2.32. The van der Waals surface area contributed by atoms with E-state index in [4.69, 9.17) is 0 Å². The zero-order chi connectivity index (χ0) is 13.1. The molecule has 0 saturated carbocycles. The van der Waals surface area contributed by atoms with E-state index in [1.165, 1.54) is 6.42 Å². The average molecular weight is 252 g/mol. The summed E-state index contributed by atoms with van der Waals surface area (Å²) in [6.45, 7) is 7.29. The van der Waals surface area contributed by atoms with Gasteiger partial charge in [-0.05, 0) is 37.5 Å². The maximum Gasteiger partial charge on any atom is 0.312 e. The number of carbonyl (C=O) groups excluding carboxylic acids is 2. The van der Waals surface area contributed by atoms with Gasteiger partial charge in [0.15, 0.2) is 0 Å². The van der Waals surface area contributed by atoms with Gasteiger partial charge in [0.1, 0.15) is 0 Å². The minimum absolute atomic E-state index is 0.281. The molecule has 2 saturated heterocycles. The second-order valence-electron chi connectivity index (χ2n) is 6.01. The van der Waals surface area contributed by atoms with Gasteiger partial charge in [-0.1, -0.05) is 13.8 Å². The maximum atomic E-state index is 12.2. The summed E-state index contributed by atoms with van der Waals surface area (Å²) in [4.78, 5) is 27.9. The van der Waals surface area contributed by atoms with Crippen molar-refractivity contribution in [3.63, 3.8) is 0 Å². The van der Waals surface area contributed by atoms with Crippen LogP contribution in [0, 0.1) is 11.8 Å². The van der Waals surface area contributed by atoms with E-state index in [1.54, 1.807) is 9.80 Å². The number of hydrogen-bond donors (Lipinski definition) is 0. The molecule has 0 aromatic carbocycles.